The Morgan fingerprint density at radius 1 is 1.50 bits per heavy atom. The Kier molecular flexibility index (Phi) is 3.86. The molecule has 2 rings (SSSR count). The molecule has 18 heavy (non-hydrogen) atoms. The molecule has 0 unspecified atom stereocenters. The summed E-state index contributed by atoms with van der Waals surface area (Å²) in [6.07, 6.45) is 2.66. The summed E-state index contributed by atoms with van der Waals surface area (Å²) in [5.41, 5.74) is 1.87. The van der Waals surface area contributed by atoms with Crippen LogP contribution < -0.4 is 0 Å². The molecule has 0 spiro atoms. The van der Waals surface area contributed by atoms with Gasteiger partial charge in [-0.3, -0.25) is 4.79 Å². The van der Waals surface area contributed by atoms with Crippen molar-refractivity contribution in [1.82, 2.24) is 0 Å². The average molecular weight is 246 g/mol. The number of ether oxygens (including phenoxy) is 1. The van der Waals surface area contributed by atoms with Gasteiger partial charge in [0.15, 0.2) is 5.78 Å². The summed E-state index contributed by atoms with van der Waals surface area (Å²) in [5.74, 6) is 0.396. The quantitative estimate of drug-likeness (QED) is 0.759. The zero-order chi connectivity index (χ0) is 13.2. The van der Waals surface area contributed by atoms with Crippen LogP contribution in [0.2, 0.25) is 0 Å². The van der Waals surface area contributed by atoms with Crippen molar-refractivity contribution in [3.63, 3.8) is 0 Å². The first-order valence-corrected chi connectivity index (χ1v) is 6.79. The van der Waals surface area contributed by atoms with Gasteiger partial charge in [0.25, 0.3) is 0 Å². The maximum atomic E-state index is 12.5. The van der Waals surface area contributed by atoms with Gasteiger partial charge in [-0.1, -0.05) is 30.7 Å². The van der Waals surface area contributed by atoms with Gasteiger partial charge in [-0.2, -0.15) is 0 Å². The smallest absolute Gasteiger partial charge is 0.166 e. The van der Waals surface area contributed by atoms with Crippen LogP contribution in [0.15, 0.2) is 24.3 Å². The van der Waals surface area contributed by atoms with Crippen LogP contribution >= 0.6 is 0 Å². The number of carbonyl (C=O) groups is 1. The van der Waals surface area contributed by atoms with Crippen LogP contribution in [0, 0.1) is 12.8 Å². The first-order chi connectivity index (χ1) is 8.54. The maximum absolute atomic E-state index is 12.5. The molecule has 98 valence electrons. The fourth-order valence-corrected chi connectivity index (χ4v) is 2.63. The molecule has 0 aliphatic carbocycles. The third-order valence-corrected chi connectivity index (χ3v) is 4.02. The molecule has 1 heterocycles. The van der Waals surface area contributed by atoms with Gasteiger partial charge in [-0.05, 0) is 39.2 Å². The van der Waals surface area contributed by atoms with Crippen molar-refractivity contribution >= 4 is 5.78 Å². The summed E-state index contributed by atoms with van der Waals surface area (Å²) in [7, 11) is 0. The largest absolute Gasteiger partial charge is 0.375 e. The lowest BCUT2D eigenvalue weighted by molar-refractivity contribution is -0.0811. The molecule has 0 saturated carbocycles. The molecule has 2 nitrogen and oxygen atoms in total. The first-order valence-electron chi connectivity index (χ1n) is 6.79. The van der Waals surface area contributed by atoms with Crippen molar-refractivity contribution in [2.45, 2.75) is 45.6 Å². The van der Waals surface area contributed by atoms with Crippen molar-refractivity contribution in [3.8, 4) is 0 Å². The van der Waals surface area contributed by atoms with E-state index in [1.54, 1.807) is 0 Å². The zero-order valence-corrected chi connectivity index (χ0v) is 11.5. The number of hydrogen-bond donors (Lipinski definition) is 0. The number of carbonyl (C=O) groups excluding carboxylic acids is 1. The van der Waals surface area contributed by atoms with Crippen LogP contribution in [0.4, 0.5) is 0 Å². The van der Waals surface area contributed by atoms with E-state index in [4.69, 9.17) is 4.74 Å². The Morgan fingerprint density at radius 2 is 2.28 bits per heavy atom. The molecular weight excluding hydrogens is 224 g/mol. The molecule has 1 aliphatic heterocycles. The average Bonchev–Trinajstić information content (AvgIpc) is 2.38. The molecule has 1 aromatic carbocycles. The van der Waals surface area contributed by atoms with Gasteiger partial charge >= 0.3 is 0 Å². The highest BCUT2D eigenvalue weighted by Crippen LogP contribution is 2.33. The van der Waals surface area contributed by atoms with E-state index in [9.17, 15) is 4.79 Å². The summed E-state index contributed by atoms with van der Waals surface area (Å²) in [6, 6.07) is 7.90. The lowest BCUT2D eigenvalue weighted by Gasteiger charge is -2.37. The summed E-state index contributed by atoms with van der Waals surface area (Å²) < 4.78 is 5.80. The van der Waals surface area contributed by atoms with Crippen molar-refractivity contribution in [3.05, 3.63) is 35.4 Å². The summed E-state index contributed by atoms with van der Waals surface area (Å²) in [6.45, 7) is 6.96. The van der Waals surface area contributed by atoms with Gasteiger partial charge < -0.3 is 4.74 Å². The molecule has 1 aromatic rings. The molecule has 0 amide bonds. The van der Waals surface area contributed by atoms with Gasteiger partial charge in [0.1, 0.15) is 0 Å². The highest BCUT2D eigenvalue weighted by molar-refractivity contribution is 5.98. The van der Waals surface area contributed by atoms with Crippen molar-refractivity contribution < 1.29 is 9.53 Å². The standard InChI is InChI=1S/C16H22O2/c1-4-16(3)11-14(8-9-18-16)15(17)13-7-5-6-12(2)10-13/h5-7,10,14H,4,8-9,11H2,1-3H3/t14-,16+/m1/s1. The zero-order valence-electron chi connectivity index (χ0n) is 11.5. The van der Waals surface area contributed by atoms with E-state index < -0.39 is 0 Å². The van der Waals surface area contributed by atoms with Gasteiger partial charge in [0, 0.05) is 18.1 Å². The minimum Gasteiger partial charge on any atom is -0.375 e. The van der Waals surface area contributed by atoms with Crippen molar-refractivity contribution in [2.75, 3.05) is 6.61 Å². The Bertz CT molecular complexity index is 438. The second-order valence-corrected chi connectivity index (χ2v) is 5.58. The highest BCUT2D eigenvalue weighted by atomic mass is 16.5. The molecule has 1 fully saturated rings. The highest BCUT2D eigenvalue weighted by Gasteiger charge is 2.35. The monoisotopic (exact) mass is 246 g/mol. The molecule has 1 aliphatic rings. The second-order valence-electron chi connectivity index (χ2n) is 5.58. The van der Waals surface area contributed by atoms with Crippen LogP contribution in [-0.4, -0.2) is 18.0 Å². The van der Waals surface area contributed by atoms with Crippen LogP contribution in [-0.2, 0) is 4.74 Å². The van der Waals surface area contributed by atoms with Gasteiger partial charge in [0.05, 0.1) is 5.60 Å². The molecule has 2 heteroatoms. The predicted molar refractivity (Wildman–Crippen MR) is 72.9 cm³/mol. The van der Waals surface area contributed by atoms with Gasteiger partial charge in [0.2, 0.25) is 0 Å². The number of aryl methyl sites for hydroxylation is 1. The number of benzene rings is 1. The van der Waals surface area contributed by atoms with Crippen molar-refractivity contribution in [2.24, 2.45) is 5.92 Å². The fraction of sp³-hybridized carbons (Fsp3) is 0.562. The summed E-state index contributed by atoms with van der Waals surface area (Å²) in [4.78, 5) is 12.5. The lowest BCUT2D eigenvalue weighted by Crippen LogP contribution is -2.39. The minimum absolute atomic E-state index is 0.116. The number of ketones is 1. The predicted octanol–water partition coefficient (Wildman–Crippen LogP) is 3.77. The molecule has 0 N–H and O–H groups in total. The second kappa shape index (κ2) is 5.23. The molecule has 0 bridgehead atoms. The number of Topliss-reactive ketones (excluding diaryl/α,β-unsaturated/α-hetero) is 1. The van der Waals surface area contributed by atoms with Crippen LogP contribution in [0.3, 0.4) is 0 Å². The van der Waals surface area contributed by atoms with E-state index >= 15 is 0 Å². The topological polar surface area (TPSA) is 26.3 Å². The third kappa shape index (κ3) is 2.81. The SMILES string of the molecule is CC[C@@]1(C)C[C@H](C(=O)c2cccc(C)c2)CCO1. The van der Waals surface area contributed by atoms with E-state index in [1.165, 1.54) is 0 Å². The van der Waals surface area contributed by atoms with Gasteiger partial charge in [-0.15, -0.1) is 0 Å². The maximum Gasteiger partial charge on any atom is 0.166 e. The molecule has 0 radical (unpaired) electrons. The normalized spacial score (nSPS) is 28.1. The van der Waals surface area contributed by atoms with Crippen molar-refractivity contribution in [1.29, 1.82) is 0 Å². The lowest BCUT2D eigenvalue weighted by atomic mass is 9.81. The Labute approximate surface area is 109 Å². The summed E-state index contributed by atoms with van der Waals surface area (Å²) >= 11 is 0. The van der Waals surface area contributed by atoms with Crippen LogP contribution in [0.1, 0.15) is 49.0 Å². The first kappa shape index (κ1) is 13.3. The molecule has 1 saturated heterocycles. The number of rotatable bonds is 3. The molecular formula is C16H22O2. The van der Waals surface area contributed by atoms with E-state index in [2.05, 4.69) is 13.8 Å². The molecule has 0 aromatic heterocycles. The Hall–Kier alpha value is -1.15. The third-order valence-electron chi connectivity index (χ3n) is 4.02. The summed E-state index contributed by atoms with van der Waals surface area (Å²) in [5, 5.41) is 0. The van der Waals surface area contributed by atoms with E-state index in [0.29, 0.717) is 6.61 Å². The van der Waals surface area contributed by atoms with E-state index in [1.807, 2.05) is 31.2 Å². The van der Waals surface area contributed by atoms with Crippen LogP contribution in [0.25, 0.3) is 0 Å². The number of hydrogen-bond acceptors (Lipinski definition) is 2. The van der Waals surface area contributed by atoms with E-state index in [0.717, 1.165) is 30.4 Å². The van der Waals surface area contributed by atoms with Gasteiger partial charge in [-0.25, -0.2) is 0 Å². The van der Waals surface area contributed by atoms with E-state index in [-0.39, 0.29) is 17.3 Å². The Morgan fingerprint density at radius 3 is 2.94 bits per heavy atom. The fourth-order valence-electron chi connectivity index (χ4n) is 2.63. The van der Waals surface area contributed by atoms with Crippen LogP contribution in [0.5, 0.6) is 0 Å². The Balaban J connectivity index is 2.14. The molecule has 2 atom stereocenters. The minimum atomic E-state index is -0.123.